The predicted molar refractivity (Wildman–Crippen MR) is 81.0 cm³/mol. The Morgan fingerprint density at radius 2 is 2.24 bits per heavy atom. The molecular weight excluding hydrogens is 290 g/mol. The maximum absolute atomic E-state index is 12.4. The Morgan fingerprint density at radius 3 is 2.76 bits per heavy atom. The van der Waals surface area contributed by atoms with Gasteiger partial charge in [0.2, 0.25) is 5.91 Å². The highest BCUT2D eigenvalue weighted by molar-refractivity contribution is 6.30. The van der Waals surface area contributed by atoms with E-state index < -0.39 is 0 Å². The van der Waals surface area contributed by atoms with Crippen LogP contribution < -0.4 is 5.32 Å². The molecule has 1 N–H and O–H groups in total. The highest BCUT2D eigenvalue weighted by Gasteiger charge is 2.22. The zero-order valence-electron chi connectivity index (χ0n) is 12.5. The van der Waals surface area contributed by atoms with Gasteiger partial charge in [0.1, 0.15) is 6.04 Å². The van der Waals surface area contributed by atoms with Crippen molar-refractivity contribution in [1.82, 2.24) is 24.9 Å². The lowest BCUT2D eigenvalue weighted by Gasteiger charge is -2.18. The van der Waals surface area contributed by atoms with E-state index in [-0.39, 0.29) is 18.0 Å². The topological polar surface area (TPSA) is 64.7 Å². The molecule has 2 aromatic rings. The molecule has 0 saturated heterocycles. The normalized spacial score (nSPS) is 13.9. The minimum atomic E-state index is -0.367. The number of aromatic nitrogens is 4. The molecule has 0 fully saturated rings. The number of rotatable bonds is 6. The van der Waals surface area contributed by atoms with E-state index in [2.05, 4.69) is 15.5 Å². The molecule has 2 unspecified atom stereocenters. The van der Waals surface area contributed by atoms with Gasteiger partial charge in [0.05, 0.1) is 23.0 Å². The number of nitrogens with zero attached hydrogens (tertiary/aromatic N) is 4. The third kappa shape index (κ3) is 3.64. The largest absolute Gasteiger partial charge is 0.346 e. The third-order valence-electron chi connectivity index (χ3n) is 3.37. The first-order valence-corrected chi connectivity index (χ1v) is 7.46. The van der Waals surface area contributed by atoms with E-state index >= 15 is 0 Å². The fourth-order valence-electron chi connectivity index (χ4n) is 2.15. The van der Waals surface area contributed by atoms with Crippen LogP contribution in [0, 0.1) is 0 Å². The first kappa shape index (κ1) is 15.6. The van der Waals surface area contributed by atoms with Crippen molar-refractivity contribution in [1.29, 1.82) is 0 Å². The summed E-state index contributed by atoms with van der Waals surface area (Å²) in [6.45, 7) is 6.69. The number of halogens is 1. The molecule has 0 saturated carbocycles. The molecule has 21 heavy (non-hydrogen) atoms. The van der Waals surface area contributed by atoms with Crippen molar-refractivity contribution in [3.63, 3.8) is 0 Å². The molecule has 0 radical (unpaired) electrons. The smallest absolute Gasteiger partial charge is 0.245 e. The van der Waals surface area contributed by atoms with Crippen LogP contribution in [0.5, 0.6) is 0 Å². The molecule has 7 heteroatoms. The van der Waals surface area contributed by atoms with E-state index in [4.69, 9.17) is 11.6 Å². The molecule has 0 aliphatic carbocycles. The summed E-state index contributed by atoms with van der Waals surface area (Å²) in [6, 6.07) is 1.40. The van der Waals surface area contributed by atoms with Gasteiger partial charge >= 0.3 is 0 Å². The van der Waals surface area contributed by atoms with Gasteiger partial charge in [-0.05, 0) is 26.3 Å². The highest BCUT2D eigenvalue weighted by Crippen LogP contribution is 2.17. The molecule has 6 nitrogen and oxygen atoms in total. The Labute approximate surface area is 129 Å². The first-order chi connectivity index (χ1) is 10.0. The second-order valence-electron chi connectivity index (χ2n) is 4.89. The second kappa shape index (κ2) is 6.76. The molecule has 0 aliphatic rings. The molecular formula is C14H20ClN5O. The SMILES string of the molecule is CCC(C(=O)NC(C)c1ccn(CC)n1)n1cc(Cl)cn1. The van der Waals surface area contributed by atoms with Crippen LogP contribution in [0.1, 0.15) is 45.0 Å². The van der Waals surface area contributed by atoms with Gasteiger partial charge in [-0.15, -0.1) is 0 Å². The van der Waals surface area contributed by atoms with Gasteiger partial charge < -0.3 is 5.32 Å². The lowest BCUT2D eigenvalue weighted by atomic mass is 10.2. The van der Waals surface area contributed by atoms with E-state index in [9.17, 15) is 4.79 Å². The lowest BCUT2D eigenvalue weighted by Crippen LogP contribution is -2.34. The van der Waals surface area contributed by atoms with Crippen LogP contribution in [0.3, 0.4) is 0 Å². The predicted octanol–water partition coefficient (Wildman–Crippen LogP) is 2.58. The summed E-state index contributed by atoms with van der Waals surface area (Å²) in [5.41, 5.74) is 0.846. The van der Waals surface area contributed by atoms with Gasteiger partial charge in [-0.25, -0.2) is 0 Å². The summed E-state index contributed by atoms with van der Waals surface area (Å²) in [7, 11) is 0. The van der Waals surface area contributed by atoms with E-state index in [1.165, 1.54) is 6.20 Å². The Morgan fingerprint density at radius 1 is 1.48 bits per heavy atom. The second-order valence-corrected chi connectivity index (χ2v) is 5.33. The van der Waals surface area contributed by atoms with Crippen molar-refractivity contribution in [2.24, 2.45) is 0 Å². The zero-order chi connectivity index (χ0) is 15.4. The lowest BCUT2D eigenvalue weighted by molar-refractivity contribution is -0.125. The standard InChI is InChI=1S/C14H20ClN5O/c1-4-13(20-9-11(15)8-16-20)14(21)17-10(3)12-6-7-19(5-2)18-12/h6-10,13H,4-5H2,1-3H3,(H,17,21). The number of carbonyl (C=O) groups is 1. The average Bonchev–Trinajstić information content (AvgIpc) is 3.08. The highest BCUT2D eigenvalue weighted by atomic mass is 35.5. The van der Waals surface area contributed by atoms with Crippen molar-refractivity contribution in [3.8, 4) is 0 Å². The third-order valence-corrected chi connectivity index (χ3v) is 3.56. The van der Waals surface area contributed by atoms with Crippen LogP contribution >= 0.6 is 11.6 Å². The Kier molecular flexibility index (Phi) is 5.01. The fraction of sp³-hybridized carbons (Fsp3) is 0.500. The van der Waals surface area contributed by atoms with Crippen LogP contribution in [0.15, 0.2) is 24.7 Å². The maximum atomic E-state index is 12.4. The van der Waals surface area contributed by atoms with Crippen LogP contribution in [0.4, 0.5) is 0 Å². The summed E-state index contributed by atoms with van der Waals surface area (Å²) in [6.07, 6.45) is 5.73. The van der Waals surface area contributed by atoms with Gasteiger partial charge in [0.15, 0.2) is 0 Å². The average molecular weight is 310 g/mol. The first-order valence-electron chi connectivity index (χ1n) is 7.08. The quantitative estimate of drug-likeness (QED) is 0.892. The number of hydrogen-bond donors (Lipinski definition) is 1. The molecule has 0 bridgehead atoms. The molecule has 0 aliphatic heterocycles. The van der Waals surface area contributed by atoms with E-state index in [1.54, 1.807) is 10.9 Å². The molecule has 1 amide bonds. The minimum absolute atomic E-state index is 0.0872. The molecule has 2 aromatic heterocycles. The fourth-order valence-corrected chi connectivity index (χ4v) is 2.29. The molecule has 114 valence electrons. The number of hydrogen-bond acceptors (Lipinski definition) is 3. The van der Waals surface area contributed by atoms with E-state index in [0.717, 1.165) is 12.2 Å². The van der Waals surface area contributed by atoms with Gasteiger partial charge in [0.25, 0.3) is 0 Å². The van der Waals surface area contributed by atoms with Crippen molar-refractivity contribution in [2.75, 3.05) is 0 Å². The van der Waals surface area contributed by atoms with Crippen molar-refractivity contribution >= 4 is 17.5 Å². The van der Waals surface area contributed by atoms with Crippen molar-refractivity contribution in [2.45, 2.75) is 45.8 Å². The minimum Gasteiger partial charge on any atom is -0.346 e. The summed E-state index contributed by atoms with van der Waals surface area (Å²) >= 11 is 5.86. The van der Waals surface area contributed by atoms with Gasteiger partial charge in [0, 0.05) is 18.9 Å². The van der Waals surface area contributed by atoms with Crippen LogP contribution in [-0.4, -0.2) is 25.5 Å². The summed E-state index contributed by atoms with van der Waals surface area (Å²) in [5.74, 6) is -0.0872. The van der Waals surface area contributed by atoms with Gasteiger partial charge in [-0.3, -0.25) is 14.2 Å². The summed E-state index contributed by atoms with van der Waals surface area (Å²) in [4.78, 5) is 12.4. The van der Waals surface area contributed by atoms with Gasteiger partial charge in [-0.1, -0.05) is 18.5 Å². The molecule has 2 rings (SSSR count). The number of nitrogens with one attached hydrogen (secondary N) is 1. The van der Waals surface area contributed by atoms with E-state index in [1.807, 2.05) is 37.7 Å². The summed E-state index contributed by atoms with van der Waals surface area (Å²) < 4.78 is 3.43. The van der Waals surface area contributed by atoms with E-state index in [0.29, 0.717) is 11.4 Å². The number of aryl methyl sites for hydroxylation is 1. The van der Waals surface area contributed by atoms with Crippen LogP contribution in [-0.2, 0) is 11.3 Å². The summed E-state index contributed by atoms with van der Waals surface area (Å²) in [5, 5.41) is 12.0. The number of amides is 1. The maximum Gasteiger partial charge on any atom is 0.245 e. The van der Waals surface area contributed by atoms with Crippen LogP contribution in [0.25, 0.3) is 0 Å². The van der Waals surface area contributed by atoms with Gasteiger partial charge in [-0.2, -0.15) is 10.2 Å². The monoisotopic (exact) mass is 309 g/mol. The molecule has 2 heterocycles. The zero-order valence-corrected chi connectivity index (χ0v) is 13.2. The molecule has 2 atom stereocenters. The van der Waals surface area contributed by atoms with Crippen molar-refractivity contribution < 1.29 is 4.79 Å². The Bertz CT molecular complexity index is 606. The Hall–Kier alpha value is -1.82. The van der Waals surface area contributed by atoms with Crippen molar-refractivity contribution in [3.05, 3.63) is 35.4 Å². The molecule has 0 spiro atoms. The number of carbonyl (C=O) groups excluding carboxylic acids is 1. The van der Waals surface area contributed by atoms with Crippen LogP contribution in [0.2, 0.25) is 5.02 Å². The Balaban J connectivity index is 2.05. The molecule has 0 aromatic carbocycles.